The molecule has 98 valence electrons. The summed E-state index contributed by atoms with van der Waals surface area (Å²) in [4.78, 5) is 14.7. The first kappa shape index (κ1) is 13.3. The normalized spacial score (nSPS) is 10.2. The third-order valence-corrected chi connectivity index (χ3v) is 2.78. The molecule has 0 aliphatic rings. The first-order valence-corrected chi connectivity index (χ1v) is 5.89. The average molecular weight is 327 g/mol. The number of hydrogen-bond donors (Lipinski definition) is 2. The lowest BCUT2D eigenvalue weighted by Crippen LogP contribution is -2.05. The summed E-state index contributed by atoms with van der Waals surface area (Å²) in [5.41, 5.74) is 5.31. The number of hydrogen-bond acceptors (Lipinski definition) is 4. The summed E-state index contributed by atoms with van der Waals surface area (Å²) >= 11 is 3.17. The van der Waals surface area contributed by atoms with E-state index in [9.17, 15) is 9.18 Å². The number of nitrogens with zero attached hydrogens (tertiary/aromatic N) is 1. The number of carbonyl (C=O) groups is 1. The number of ether oxygens (including phenoxy) is 1. The summed E-state index contributed by atoms with van der Waals surface area (Å²) < 4.78 is 19.3. The monoisotopic (exact) mass is 326 g/mol. The Kier molecular flexibility index (Phi) is 3.66. The van der Waals surface area contributed by atoms with Crippen LogP contribution in [0.5, 0.6) is 11.6 Å². The molecule has 5 nitrogen and oxygen atoms in total. The topological polar surface area (TPSA) is 85.4 Å². The van der Waals surface area contributed by atoms with Gasteiger partial charge in [-0.05, 0) is 24.3 Å². The van der Waals surface area contributed by atoms with Crippen molar-refractivity contribution in [3.63, 3.8) is 0 Å². The van der Waals surface area contributed by atoms with Crippen LogP contribution >= 0.6 is 15.9 Å². The van der Waals surface area contributed by atoms with Gasteiger partial charge in [-0.15, -0.1) is 0 Å². The number of carboxylic acids is 1. The number of aromatic carboxylic acids is 1. The second kappa shape index (κ2) is 5.23. The third kappa shape index (κ3) is 2.82. The van der Waals surface area contributed by atoms with Crippen LogP contribution in [0.4, 0.5) is 10.1 Å². The van der Waals surface area contributed by atoms with Crippen molar-refractivity contribution >= 4 is 27.6 Å². The van der Waals surface area contributed by atoms with Crippen LogP contribution in [0, 0.1) is 5.82 Å². The summed E-state index contributed by atoms with van der Waals surface area (Å²) in [6.07, 6.45) is 1.23. The Bertz CT molecular complexity index is 649. The minimum Gasteiger partial charge on any atom is -0.478 e. The van der Waals surface area contributed by atoms with Gasteiger partial charge < -0.3 is 15.6 Å². The number of nitrogens with two attached hydrogens (primary N) is 1. The van der Waals surface area contributed by atoms with Gasteiger partial charge in [0.25, 0.3) is 0 Å². The SMILES string of the molecule is Nc1c(C(=O)O)ccnc1Oc1cc(Br)ccc1F. The molecule has 0 aliphatic carbocycles. The molecular weight excluding hydrogens is 319 g/mol. The van der Waals surface area contributed by atoms with Gasteiger partial charge >= 0.3 is 5.97 Å². The van der Waals surface area contributed by atoms with E-state index in [1.165, 1.54) is 30.5 Å². The molecule has 1 aromatic carbocycles. The van der Waals surface area contributed by atoms with E-state index in [1.807, 2.05) is 0 Å². The molecule has 0 unspecified atom stereocenters. The highest BCUT2D eigenvalue weighted by molar-refractivity contribution is 9.10. The van der Waals surface area contributed by atoms with Crippen molar-refractivity contribution in [3.8, 4) is 11.6 Å². The number of anilines is 1. The smallest absolute Gasteiger partial charge is 0.338 e. The molecule has 0 saturated heterocycles. The van der Waals surface area contributed by atoms with Gasteiger partial charge in [-0.3, -0.25) is 0 Å². The molecule has 7 heteroatoms. The summed E-state index contributed by atoms with van der Waals surface area (Å²) in [5, 5.41) is 8.91. The second-order valence-corrected chi connectivity index (χ2v) is 4.47. The molecule has 19 heavy (non-hydrogen) atoms. The molecule has 0 spiro atoms. The van der Waals surface area contributed by atoms with E-state index in [0.29, 0.717) is 4.47 Å². The highest BCUT2D eigenvalue weighted by Gasteiger charge is 2.15. The quantitative estimate of drug-likeness (QED) is 0.905. The number of aromatic nitrogens is 1. The van der Waals surface area contributed by atoms with Gasteiger partial charge in [0, 0.05) is 10.7 Å². The van der Waals surface area contributed by atoms with Crippen molar-refractivity contribution in [1.82, 2.24) is 4.98 Å². The fourth-order valence-electron chi connectivity index (χ4n) is 1.38. The van der Waals surface area contributed by atoms with Crippen molar-refractivity contribution in [2.45, 2.75) is 0 Å². The van der Waals surface area contributed by atoms with Gasteiger partial charge in [0.1, 0.15) is 5.69 Å². The molecule has 0 atom stereocenters. The number of nitrogen functional groups attached to an aromatic ring is 1. The van der Waals surface area contributed by atoms with E-state index in [-0.39, 0.29) is 22.9 Å². The van der Waals surface area contributed by atoms with E-state index < -0.39 is 11.8 Å². The Morgan fingerprint density at radius 3 is 2.84 bits per heavy atom. The molecule has 0 radical (unpaired) electrons. The zero-order chi connectivity index (χ0) is 14.0. The Labute approximate surface area is 116 Å². The molecule has 2 aromatic rings. The average Bonchev–Trinajstić information content (AvgIpc) is 2.36. The van der Waals surface area contributed by atoms with Gasteiger partial charge in [-0.2, -0.15) is 0 Å². The molecule has 0 fully saturated rings. The minimum atomic E-state index is -1.21. The molecule has 0 saturated carbocycles. The van der Waals surface area contributed by atoms with E-state index in [2.05, 4.69) is 20.9 Å². The van der Waals surface area contributed by atoms with Gasteiger partial charge in [-0.25, -0.2) is 14.2 Å². The van der Waals surface area contributed by atoms with Crippen LogP contribution in [-0.2, 0) is 0 Å². The summed E-state index contributed by atoms with van der Waals surface area (Å²) in [6.45, 7) is 0. The van der Waals surface area contributed by atoms with Gasteiger partial charge in [-0.1, -0.05) is 15.9 Å². The molecule has 0 aliphatic heterocycles. The van der Waals surface area contributed by atoms with Crippen LogP contribution in [0.3, 0.4) is 0 Å². The summed E-state index contributed by atoms with van der Waals surface area (Å²) in [7, 11) is 0. The highest BCUT2D eigenvalue weighted by atomic mass is 79.9. The molecule has 0 amide bonds. The first-order valence-electron chi connectivity index (χ1n) is 5.09. The summed E-state index contributed by atoms with van der Waals surface area (Å²) in [5.74, 6) is -2.07. The minimum absolute atomic E-state index is 0.101. The lowest BCUT2D eigenvalue weighted by Gasteiger charge is -2.09. The lowest BCUT2D eigenvalue weighted by atomic mass is 10.2. The van der Waals surface area contributed by atoms with Crippen LogP contribution in [0.2, 0.25) is 0 Å². The van der Waals surface area contributed by atoms with E-state index in [4.69, 9.17) is 15.6 Å². The molecular formula is C12H8BrFN2O3. The van der Waals surface area contributed by atoms with Crippen LogP contribution in [-0.4, -0.2) is 16.1 Å². The number of rotatable bonds is 3. The third-order valence-electron chi connectivity index (χ3n) is 2.28. The predicted octanol–water partition coefficient (Wildman–Crippen LogP) is 3.06. The maximum atomic E-state index is 13.5. The largest absolute Gasteiger partial charge is 0.478 e. The number of benzene rings is 1. The van der Waals surface area contributed by atoms with Crippen molar-refractivity contribution < 1.29 is 19.0 Å². The highest BCUT2D eigenvalue weighted by Crippen LogP contribution is 2.30. The van der Waals surface area contributed by atoms with Crippen LogP contribution < -0.4 is 10.5 Å². The molecule has 2 rings (SSSR count). The van der Waals surface area contributed by atoms with E-state index >= 15 is 0 Å². The Morgan fingerprint density at radius 1 is 1.42 bits per heavy atom. The van der Waals surface area contributed by atoms with Crippen LogP contribution in [0.25, 0.3) is 0 Å². The predicted molar refractivity (Wildman–Crippen MR) is 69.8 cm³/mol. The van der Waals surface area contributed by atoms with Crippen molar-refractivity contribution in [1.29, 1.82) is 0 Å². The first-order chi connectivity index (χ1) is 8.99. The maximum absolute atomic E-state index is 13.5. The molecule has 1 heterocycles. The van der Waals surface area contributed by atoms with Gasteiger partial charge in [0.2, 0.25) is 5.88 Å². The standard InChI is InChI=1S/C12H8BrFN2O3/c13-6-1-2-8(14)9(5-6)19-11-10(15)7(12(17)18)3-4-16-11/h1-5H,15H2,(H,17,18). The zero-order valence-corrected chi connectivity index (χ0v) is 11.0. The van der Waals surface area contributed by atoms with Gasteiger partial charge in [0.05, 0.1) is 5.56 Å². The second-order valence-electron chi connectivity index (χ2n) is 3.56. The number of pyridine rings is 1. The zero-order valence-electron chi connectivity index (χ0n) is 9.43. The Balaban J connectivity index is 2.41. The van der Waals surface area contributed by atoms with Gasteiger partial charge in [0.15, 0.2) is 11.6 Å². The fourth-order valence-corrected chi connectivity index (χ4v) is 1.72. The maximum Gasteiger partial charge on any atom is 0.338 e. The Morgan fingerprint density at radius 2 is 2.16 bits per heavy atom. The summed E-state index contributed by atoms with van der Waals surface area (Å²) in [6, 6.07) is 5.34. The number of carboxylic acid groups (broad SMARTS) is 1. The van der Waals surface area contributed by atoms with E-state index in [0.717, 1.165) is 0 Å². The van der Waals surface area contributed by atoms with Crippen molar-refractivity contribution in [2.75, 3.05) is 5.73 Å². The van der Waals surface area contributed by atoms with Crippen molar-refractivity contribution in [3.05, 3.63) is 46.3 Å². The molecule has 0 bridgehead atoms. The lowest BCUT2D eigenvalue weighted by molar-refractivity contribution is 0.0697. The number of halogens is 2. The molecule has 3 N–H and O–H groups in total. The molecule has 1 aromatic heterocycles. The Hall–Kier alpha value is -2.15. The van der Waals surface area contributed by atoms with E-state index in [1.54, 1.807) is 0 Å². The fraction of sp³-hybridized carbons (Fsp3) is 0. The van der Waals surface area contributed by atoms with Crippen LogP contribution in [0.1, 0.15) is 10.4 Å². The van der Waals surface area contributed by atoms with Crippen LogP contribution in [0.15, 0.2) is 34.9 Å². The van der Waals surface area contributed by atoms with Crippen molar-refractivity contribution in [2.24, 2.45) is 0 Å².